The summed E-state index contributed by atoms with van der Waals surface area (Å²) in [6.07, 6.45) is 0. The number of hydrogen-bond acceptors (Lipinski definition) is 5. The van der Waals surface area contributed by atoms with Crippen molar-refractivity contribution in [2.45, 2.75) is 33.7 Å². The van der Waals surface area contributed by atoms with Gasteiger partial charge in [0.2, 0.25) is 0 Å². The van der Waals surface area contributed by atoms with Crippen LogP contribution in [0, 0.1) is 19.8 Å². The predicted octanol–water partition coefficient (Wildman–Crippen LogP) is 1.79. The summed E-state index contributed by atoms with van der Waals surface area (Å²) in [5.74, 6) is -0.279. The molecule has 2 N–H and O–H groups in total. The second-order valence-corrected chi connectivity index (χ2v) is 5.70. The van der Waals surface area contributed by atoms with Crippen molar-refractivity contribution in [1.82, 2.24) is 15.1 Å². The van der Waals surface area contributed by atoms with Gasteiger partial charge in [0.05, 0.1) is 5.69 Å². The molecular formula is C14H24N4O2. The summed E-state index contributed by atoms with van der Waals surface area (Å²) in [6, 6.07) is 0.111. The lowest BCUT2D eigenvalue weighted by molar-refractivity contribution is 0.0696. The van der Waals surface area contributed by atoms with Gasteiger partial charge < -0.3 is 15.3 Å². The number of aromatic carboxylic acids is 1. The van der Waals surface area contributed by atoms with Crippen LogP contribution >= 0.6 is 0 Å². The zero-order valence-electron chi connectivity index (χ0n) is 13.1. The van der Waals surface area contributed by atoms with Crippen molar-refractivity contribution < 1.29 is 9.90 Å². The Hall–Kier alpha value is -1.69. The van der Waals surface area contributed by atoms with Gasteiger partial charge >= 0.3 is 5.97 Å². The zero-order valence-corrected chi connectivity index (χ0v) is 13.1. The van der Waals surface area contributed by atoms with E-state index in [9.17, 15) is 9.90 Å². The van der Waals surface area contributed by atoms with E-state index in [-0.39, 0.29) is 11.6 Å². The van der Waals surface area contributed by atoms with Crippen LogP contribution in [0.1, 0.15) is 35.5 Å². The van der Waals surface area contributed by atoms with Crippen molar-refractivity contribution in [3.63, 3.8) is 0 Å². The predicted molar refractivity (Wildman–Crippen MR) is 79.3 cm³/mol. The third-order valence-corrected chi connectivity index (χ3v) is 3.36. The highest BCUT2D eigenvalue weighted by Gasteiger charge is 2.22. The maximum Gasteiger partial charge on any atom is 0.339 e. The van der Waals surface area contributed by atoms with Crippen molar-refractivity contribution in [2.24, 2.45) is 5.92 Å². The summed E-state index contributed by atoms with van der Waals surface area (Å²) < 4.78 is 0. The molecule has 0 aromatic carbocycles. The van der Waals surface area contributed by atoms with Gasteiger partial charge in [-0.25, -0.2) is 4.79 Å². The fourth-order valence-corrected chi connectivity index (χ4v) is 1.96. The molecule has 0 radical (unpaired) electrons. The molecule has 112 valence electrons. The van der Waals surface area contributed by atoms with E-state index in [0.29, 0.717) is 23.0 Å². The maximum absolute atomic E-state index is 11.5. The fraction of sp³-hybridized carbons (Fsp3) is 0.643. The molecule has 1 atom stereocenters. The lowest BCUT2D eigenvalue weighted by Gasteiger charge is -2.26. The minimum absolute atomic E-state index is 0.111. The van der Waals surface area contributed by atoms with Gasteiger partial charge in [0.25, 0.3) is 0 Å². The smallest absolute Gasteiger partial charge is 0.339 e. The maximum atomic E-state index is 11.5. The Morgan fingerprint density at radius 2 is 1.90 bits per heavy atom. The molecule has 0 fully saturated rings. The molecule has 1 rings (SSSR count). The molecule has 0 aliphatic heterocycles. The van der Waals surface area contributed by atoms with Crippen LogP contribution in [0.3, 0.4) is 0 Å². The molecule has 1 aromatic rings. The number of likely N-dealkylation sites (N-methyl/N-ethyl adjacent to an activating group) is 1. The van der Waals surface area contributed by atoms with Crippen LogP contribution in [-0.2, 0) is 0 Å². The quantitative estimate of drug-likeness (QED) is 0.827. The van der Waals surface area contributed by atoms with E-state index in [1.165, 1.54) is 0 Å². The first-order valence-electron chi connectivity index (χ1n) is 6.72. The Morgan fingerprint density at radius 1 is 1.30 bits per heavy atom. The molecule has 0 saturated carbocycles. The van der Waals surface area contributed by atoms with Crippen LogP contribution in [-0.4, -0.2) is 52.9 Å². The topological polar surface area (TPSA) is 78.4 Å². The Bertz CT molecular complexity index is 486. The normalized spacial score (nSPS) is 12.8. The van der Waals surface area contributed by atoms with E-state index in [0.717, 1.165) is 6.54 Å². The third kappa shape index (κ3) is 3.90. The highest BCUT2D eigenvalue weighted by Crippen LogP contribution is 2.20. The van der Waals surface area contributed by atoms with Gasteiger partial charge in [-0.3, -0.25) is 0 Å². The summed E-state index contributed by atoms with van der Waals surface area (Å²) in [5, 5.41) is 20.7. The SMILES string of the molecule is Cc1nnc(NC(CN(C)C)C(C)C)c(C(=O)O)c1C. The number of rotatable bonds is 6. The number of aromatic nitrogens is 2. The summed E-state index contributed by atoms with van der Waals surface area (Å²) in [7, 11) is 3.97. The Kier molecular flexibility index (Phi) is 5.44. The van der Waals surface area contributed by atoms with Crippen molar-refractivity contribution in [3.8, 4) is 0 Å². The highest BCUT2D eigenvalue weighted by atomic mass is 16.4. The molecule has 0 bridgehead atoms. The molecule has 1 unspecified atom stereocenters. The summed E-state index contributed by atoms with van der Waals surface area (Å²) in [4.78, 5) is 13.5. The molecular weight excluding hydrogens is 256 g/mol. The van der Waals surface area contributed by atoms with Crippen molar-refractivity contribution >= 4 is 11.8 Å². The first-order chi connectivity index (χ1) is 9.23. The molecule has 1 heterocycles. The monoisotopic (exact) mass is 280 g/mol. The summed E-state index contributed by atoms with van der Waals surface area (Å²) >= 11 is 0. The molecule has 20 heavy (non-hydrogen) atoms. The van der Waals surface area contributed by atoms with E-state index in [4.69, 9.17) is 0 Å². The lowest BCUT2D eigenvalue weighted by Crippen LogP contribution is -2.37. The highest BCUT2D eigenvalue weighted by molar-refractivity contribution is 5.94. The van der Waals surface area contributed by atoms with Gasteiger partial charge in [0, 0.05) is 12.6 Å². The van der Waals surface area contributed by atoms with Gasteiger partial charge in [0.15, 0.2) is 5.82 Å². The van der Waals surface area contributed by atoms with Gasteiger partial charge in [0.1, 0.15) is 5.56 Å². The first-order valence-corrected chi connectivity index (χ1v) is 6.72. The zero-order chi connectivity index (χ0) is 15.4. The molecule has 6 nitrogen and oxygen atoms in total. The number of carboxylic acid groups (broad SMARTS) is 1. The average molecular weight is 280 g/mol. The minimum atomic E-state index is -0.977. The average Bonchev–Trinajstić information content (AvgIpc) is 2.31. The van der Waals surface area contributed by atoms with Gasteiger partial charge in [-0.2, -0.15) is 5.10 Å². The number of hydrogen-bond donors (Lipinski definition) is 2. The first kappa shape index (κ1) is 16.4. The number of nitrogens with zero attached hydrogens (tertiary/aromatic N) is 3. The van der Waals surface area contributed by atoms with E-state index in [1.807, 2.05) is 14.1 Å². The van der Waals surface area contributed by atoms with E-state index in [1.54, 1.807) is 13.8 Å². The Labute approximate surface area is 120 Å². The molecule has 1 aromatic heterocycles. The number of aryl methyl sites for hydroxylation is 1. The number of carboxylic acids is 1. The largest absolute Gasteiger partial charge is 0.478 e. The van der Waals surface area contributed by atoms with Gasteiger partial charge in [-0.05, 0) is 39.4 Å². The van der Waals surface area contributed by atoms with Crippen LogP contribution in [0.5, 0.6) is 0 Å². The van der Waals surface area contributed by atoms with Crippen molar-refractivity contribution in [3.05, 3.63) is 16.8 Å². The fourth-order valence-electron chi connectivity index (χ4n) is 1.96. The summed E-state index contributed by atoms with van der Waals surface area (Å²) in [5.41, 5.74) is 1.51. The lowest BCUT2D eigenvalue weighted by atomic mass is 10.0. The van der Waals surface area contributed by atoms with E-state index >= 15 is 0 Å². The van der Waals surface area contributed by atoms with Gasteiger partial charge in [-0.15, -0.1) is 5.10 Å². The molecule has 0 aliphatic carbocycles. The third-order valence-electron chi connectivity index (χ3n) is 3.36. The van der Waals surface area contributed by atoms with Crippen LogP contribution in [0.25, 0.3) is 0 Å². The molecule has 0 spiro atoms. The second-order valence-electron chi connectivity index (χ2n) is 5.70. The van der Waals surface area contributed by atoms with Crippen molar-refractivity contribution in [2.75, 3.05) is 26.0 Å². The molecule has 0 aliphatic rings. The number of carbonyl (C=O) groups is 1. The summed E-state index contributed by atoms with van der Waals surface area (Å²) in [6.45, 7) is 8.50. The Morgan fingerprint density at radius 3 is 2.35 bits per heavy atom. The van der Waals surface area contributed by atoms with Crippen LogP contribution < -0.4 is 5.32 Å². The van der Waals surface area contributed by atoms with E-state index in [2.05, 4.69) is 34.3 Å². The molecule has 6 heteroatoms. The van der Waals surface area contributed by atoms with Crippen LogP contribution in [0.2, 0.25) is 0 Å². The standard InChI is InChI=1S/C14H24N4O2/c1-8(2)11(7-18(5)6)15-13-12(14(19)20)9(3)10(4)16-17-13/h8,11H,7H2,1-6H3,(H,15,17)(H,19,20). The minimum Gasteiger partial charge on any atom is -0.478 e. The van der Waals surface area contributed by atoms with E-state index < -0.39 is 5.97 Å². The van der Waals surface area contributed by atoms with Crippen LogP contribution in [0.4, 0.5) is 5.82 Å². The van der Waals surface area contributed by atoms with Gasteiger partial charge in [-0.1, -0.05) is 13.8 Å². The second kappa shape index (κ2) is 6.65. The van der Waals surface area contributed by atoms with Crippen LogP contribution in [0.15, 0.2) is 0 Å². The number of nitrogens with one attached hydrogen (secondary N) is 1. The molecule has 0 amide bonds. The molecule has 0 saturated heterocycles. The Balaban J connectivity index is 3.13. The van der Waals surface area contributed by atoms with Crippen molar-refractivity contribution in [1.29, 1.82) is 0 Å². The number of anilines is 1.